The van der Waals surface area contributed by atoms with Crippen LogP contribution in [0.15, 0.2) is 72.8 Å². The number of phenols is 2. The number of aromatic hydroxyl groups is 2. The number of carbonyl (C=O) groups excluding carboxylic acids is 2. The molecule has 3 aromatic carbocycles. The van der Waals surface area contributed by atoms with Crippen LogP contribution in [0.5, 0.6) is 11.5 Å². The van der Waals surface area contributed by atoms with Gasteiger partial charge >= 0.3 is 0 Å². The molecule has 2 aliphatic rings. The van der Waals surface area contributed by atoms with Crippen LogP contribution in [0.3, 0.4) is 0 Å². The fourth-order valence-electron chi connectivity index (χ4n) is 4.15. The van der Waals surface area contributed by atoms with Crippen molar-refractivity contribution < 1.29 is 24.6 Å². The highest BCUT2D eigenvalue weighted by atomic mass is 35.5. The predicted octanol–water partition coefficient (Wildman–Crippen LogP) is 3.80. The quantitative estimate of drug-likeness (QED) is 0.479. The number of amides is 2. The Morgan fingerprint density at radius 1 is 0.806 bits per heavy atom. The van der Waals surface area contributed by atoms with E-state index in [2.05, 4.69) is 0 Å². The Labute approximate surface area is 182 Å². The van der Waals surface area contributed by atoms with Crippen LogP contribution in [0.2, 0.25) is 5.02 Å². The van der Waals surface area contributed by atoms with Gasteiger partial charge in [0, 0.05) is 5.02 Å². The number of fused-ring (bicyclic) bond motifs is 1. The molecule has 5 rings (SSSR count). The smallest absolute Gasteiger partial charge is 0.266 e. The minimum Gasteiger partial charge on any atom is -0.504 e. The van der Waals surface area contributed by atoms with E-state index >= 15 is 0 Å². The Morgan fingerprint density at radius 3 is 2.26 bits per heavy atom. The van der Waals surface area contributed by atoms with E-state index in [1.165, 1.54) is 17.2 Å². The van der Waals surface area contributed by atoms with Crippen LogP contribution in [0.25, 0.3) is 0 Å². The number of carbonyl (C=O) groups is 2. The summed E-state index contributed by atoms with van der Waals surface area (Å²) in [5, 5.41) is 21.7. The Morgan fingerprint density at radius 2 is 1.55 bits per heavy atom. The maximum Gasteiger partial charge on any atom is 0.266 e. The van der Waals surface area contributed by atoms with Gasteiger partial charge in [0.1, 0.15) is 5.92 Å². The highest BCUT2D eigenvalue weighted by Crippen LogP contribution is 2.48. The summed E-state index contributed by atoms with van der Waals surface area (Å²) >= 11 is 6.06. The summed E-state index contributed by atoms with van der Waals surface area (Å²) in [6.45, 7) is 0. The van der Waals surface area contributed by atoms with Crippen molar-refractivity contribution in [3.8, 4) is 11.5 Å². The topological polar surface area (TPSA) is 90.3 Å². The molecule has 2 heterocycles. The van der Waals surface area contributed by atoms with Crippen LogP contribution in [-0.2, 0) is 14.4 Å². The molecule has 156 valence electrons. The number of benzene rings is 3. The van der Waals surface area contributed by atoms with Gasteiger partial charge in [-0.3, -0.25) is 14.4 Å². The van der Waals surface area contributed by atoms with Crippen molar-refractivity contribution in [1.29, 1.82) is 0 Å². The molecule has 8 heteroatoms. The first kappa shape index (κ1) is 19.4. The molecule has 0 unspecified atom stereocenters. The number of nitrogens with zero attached hydrogens (tertiary/aromatic N) is 2. The van der Waals surface area contributed by atoms with Gasteiger partial charge in [0.05, 0.1) is 17.4 Å². The van der Waals surface area contributed by atoms with Crippen LogP contribution in [0, 0.1) is 5.92 Å². The van der Waals surface area contributed by atoms with Gasteiger partial charge in [0.15, 0.2) is 17.6 Å². The molecule has 2 amide bonds. The van der Waals surface area contributed by atoms with Crippen molar-refractivity contribution in [2.24, 2.45) is 5.92 Å². The van der Waals surface area contributed by atoms with Crippen LogP contribution in [0.1, 0.15) is 11.6 Å². The van der Waals surface area contributed by atoms with Gasteiger partial charge in [-0.1, -0.05) is 41.9 Å². The van der Waals surface area contributed by atoms with E-state index < -0.39 is 29.9 Å². The number of para-hydroxylation sites is 1. The monoisotopic (exact) mass is 436 g/mol. The Balaban J connectivity index is 1.61. The second kappa shape index (κ2) is 7.30. The summed E-state index contributed by atoms with van der Waals surface area (Å²) in [6.07, 6.45) is -1.03. The molecular formula is C23H17ClN2O5. The number of anilines is 2. The molecule has 7 nitrogen and oxygen atoms in total. The van der Waals surface area contributed by atoms with E-state index in [0.717, 1.165) is 4.90 Å². The van der Waals surface area contributed by atoms with Gasteiger partial charge in [-0.05, 0) is 48.0 Å². The first-order valence-electron chi connectivity index (χ1n) is 9.62. The average molecular weight is 437 g/mol. The molecule has 0 aromatic heterocycles. The van der Waals surface area contributed by atoms with E-state index in [0.29, 0.717) is 22.0 Å². The van der Waals surface area contributed by atoms with Crippen molar-refractivity contribution in [1.82, 2.24) is 0 Å². The van der Waals surface area contributed by atoms with E-state index in [4.69, 9.17) is 16.4 Å². The van der Waals surface area contributed by atoms with Crippen molar-refractivity contribution in [3.63, 3.8) is 0 Å². The first-order chi connectivity index (χ1) is 15.0. The van der Waals surface area contributed by atoms with E-state index in [1.807, 2.05) is 18.2 Å². The molecule has 2 saturated heterocycles. The highest BCUT2D eigenvalue weighted by Gasteiger charge is 2.60. The van der Waals surface area contributed by atoms with Crippen LogP contribution in [0.4, 0.5) is 11.4 Å². The Kier molecular flexibility index (Phi) is 4.57. The molecule has 2 aliphatic heterocycles. The van der Waals surface area contributed by atoms with Crippen LogP contribution < -0.4 is 9.96 Å². The fraction of sp³-hybridized carbons (Fsp3) is 0.130. The Hall–Kier alpha value is -3.55. The summed E-state index contributed by atoms with van der Waals surface area (Å²) in [4.78, 5) is 33.8. The minimum atomic E-state index is -1.03. The lowest BCUT2D eigenvalue weighted by molar-refractivity contribution is -0.126. The molecule has 2 fully saturated rings. The third-order valence-electron chi connectivity index (χ3n) is 5.53. The van der Waals surface area contributed by atoms with Crippen LogP contribution >= 0.6 is 11.6 Å². The maximum absolute atomic E-state index is 13.5. The van der Waals surface area contributed by atoms with Gasteiger partial charge in [0.2, 0.25) is 5.91 Å². The molecule has 3 aromatic rings. The number of hydrogen-bond donors (Lipinski definition) is 2. The largest absolute Gasteiger partial charge is 0.504 e. The number of hydrogen-bond acceptors (Lipinski definition) is 6. The van der Waals surface area contributed by atoms with Crippen molar-refractivity contribution in [2.45, 2.75) is 12.1 Å². The zero-order valence-electron chi connectivity index (χ0n) is 16.1. The normalized spacial score (nSPS) is 22.8. The molecule has 2 N–H and O–H groups in total. The standard InChI is InChI=1S/C23H17ClN2O5/c24-14-5-4-8-16(12-14)25-22(29)19-20(13-9-10-17(27)18(28)11-13)26(31-21(19)23(25)30)15-6-2-1-3-7-15/h1-12,19-21,27-28H/t19-,20-,21+/m0/s1. The van der Waals surface area contributed by atoms with Crippen molar-refractivity contribution in [3.05, 3.63) is 83.4 Å². The minimum absolute atomic E-state index is 0.278. The van der Waals surface area contributed by atoms with Crippen molar-refractivity contribution >= 4 is 34.8 Å². The Bertz CT molecular complexity index is 1190. The second-order valence-electron chi connectivity index (χ2n) is 7.40. The van der Waals surface area contributed by atoms with E-state index in [9.17, 15) is 19.8 Å². The van der Waals surface area contributed by atoms with E-state index in [1.54, 1.807) is 42.5 Å². The number of rotatable bonds is 3. The summed E-state index contributed by atoms with van der Waals surface area (Å²) in [6, 6.07) is 19.2. The van der Waals surface area contributed by atoms with E-state index in [-0.39, 0.29) is 11.5 Å². The summed E-state index contributed by atoms with van der Waals surface area (Å²) < 4.78 is 0. The van der Waals surface area contributed by atoms with Gasteiger partial charge in [-0.15, -0.1) is 0 Å². The molecular weight excluding hydrogens is 420 g/mol. The SMILES string of the molecule is O=C1[C@@H]2[C@@H](ON(c3ccccc3)[C@H]2c2ccc(O)c(O)c2)C(=O)N1c1cccc(Cl)c1. The fourth-order valence-corrected chi connectivity index (χ4v) is 4.33. The second-order valence-corrected chi connectivity index (χ2v) is 7.83. The zero-order chi connectivity index (χ0) is 21.7. The molecule has 3 atom stereocenters. The third kappa shape index (κ3) is 3.10. The lowest BCUT2D eigenvalue weighted by Gasteiger charge is -2.28. The molecule has 0 spiro atoms. The molecule has 0 saturated carbocycles. The van der Waals surface area contributed by atoms with Gasteiger partial charge in [-0.25, -0.2) is 9.96 Å². The number of imide groups is 1. The average Bonchev–Trinajstić information content (AvgIpc) is 3.27. The number of hydroxylamine groups is 1. The highest BCUT2D eigenvalue weighted by molar-refractivity contribution is 6.31. The summed E-state index contributed by atoms with van der Waals surface area (Å²) in [7, 11) is 0. The zero-order valence-corrected chi connectivity index (χ0v) is 16.8. The summed E-state index contributed by atoms with van der Waals surface area (Å²) in [5.41, 5.74) is 1.56. The summed E-state index contributed by atoms with van der Waals surface area (Å²) in [5.74, 6) is -2.36. The first-order valence-corrected chi connectivity index (χ1v) is 10.00. The van der Waals surface area contributed by atoms with Crippen molar-refractivity contribution in [2.75, 3.05) is 9.96 Å². The molecule has 0 bridgehead atoms. The lowest BCUT2D eigenvalue weighted by atomic mass is 9.90. The van der Waals surface area contributed by atoms with Crippen LogP contribution in [-0.4, -0.2) is 28.1 Å². The molecule has 0 aliphatic carbocycles. The third-order valence-corrected chi connectivity index (χ3v) is 5.77. The molecule has 0 radical (unpaired) electrons. The lowest BCUT2D eigenvalue weighted by Crippen LogP contribution is -2.37. The number of halogens is 1. The molecule has 31 heavy (non-hydrogen) atoms. The van der Waals surface area contributed by atoms with Gasteiger partial charge < -0.3 is 10.2 Å². The van der Waals surface area contributed by atoms with Gasteiger partial charge in [-0.2, -0.15) is 0 Å². The predicted molar refractivity (Wildman–Crippen MR) is 114 cm³/mol. The number of phenolic OH excluding ortho intramolecular Hbond substituents is 2. The maximum atomic E-state index is 13.5. The van der Waals surface area contributed by atoms with Gasteiger partial charge in [0.25, 0.3) is 5.91 Å².